The van der Waals surface area contributed by atoms with Crippen molar-refractivity contribution < 1.29 is 5.11 Å². The van der Waals surface area contributed by atoms with Gasteiger partial charge in [0.25, 0.3) is 0 Å². The molecule has 0 atom stereocenters. The van der Waals surface area contributed by atoms with Gasteiger partial charge in [0.2, 0.25) is 0 Å². The highest BCUT2D eigenvalue weighted by Gasteiger charge is 2.12. The number of halogens is 1. The molecule has 0 unspecified atom stereocenters. The monoisotopic (exact) mass is 334 g/mol. The number of nitrogen functional groups attached to an aromatic ring is 1. The number of anilines is 2. The second kappa shape index (κ2) is 6.30. The number of nitrogens with two attached hydrogens (primary N) is 1. The van der Waals surface area contributed by atoms with Gasteiger partial charge in [-0.05, 0) is 61.1 Å². The van der Waals surface area contributed by atoms with Crippen LogP contribution in [0.2, 0.25) is 0 Å². The lowest BCUT2D eigenvalue weighted by Gasteiger charge is -2.30. The van der Waals surface area contributed by atoms with Crippen LogP contribution in [0.5, 0.6) is 0 Å². The second-order valence-electron chi connectivity index (χ2n) is 4.07. The fourth-order valence-electron chi connectivity index (χ4n) is 1.68. The Morgan fingerprint density at radius 3 is 2.62 bits per heavy atom. The van der Waals surface area contributed by atoms with Crippen molar-refractivity contribution in [1.82, 2.24) is 0 Å². The van der Waals surface area contributed by atoms with E-state index >= 15 is 0 Å². The predicted octanol–water partition coefficient (Wildman–Crippen LogP) is 2.47. The average molecular weight is 334 g/mol. The quantitative estimate of drug-likeness (QED) is 0.642. The maximum atomic E-state index is 8.90. The highest BCUT2D eigenvalue weighted by molar-refractivity contribution is 14.1. The van der Waals surface area contributed by atoms with Crippen molar-refractivity contribution in [2.24, 2.45) is 0 Å². The first-order valence-corrected chi connectivity index (χ1v) is 6.56. The van der Waals surface area contributed by atoms with Crippen LogP contribution in [0.15, 0.2) is 18.2 Å². The van der Waals surface area contributed by atoms with Gasteiger partial charge in [0, 0.05) is 22.8 Å². The first-order valence-electron chi connectivity index (χ1n) is 5.48. The molecule has 0 aliphatic rings. The zero-order chi connectivity index (χ0) is 12.1. The largest absolute Gasteiger partial charge is 0.397 e. The van der Waals surface area contributed by atoms with Crippen molar-refractivity contribution in [2.75, 3.05) is 23.8 Å². The number of hydrogen-bond donors (Lipinski definition) is 2. The first-order chi connectivity index (χ1) is 7.56. The van der Waals surface area contributed by atoms with Gasteiger partial charge in [0.05, 0.1) is 11.4 Å². The van der Waals surface area contributed by atoms with Gasteiger partial charge in [-0.1, -0.05) is 0 Å². The van der Waals surface area contributed by atoms with E-state index in [9.17, 15) is 0 Å². The van der Waals surface area contributed by atoms with Gasteiger partial charge in [-0.2, -0.15) is 0 Å². The fourth-order valence-corrected chi connectivity index (χ4v) is 2.20. The Bertz CT molecular complexity index is 342. The van der Waals surface area contributed by atoms with Crippen molar-refractivity contribution in [2.45, 2.75) is 26.3 Å². The van der Waals surface area contributed by atoms with E-state index in [1.165, 1.54) is 0 Å². The summed E-state index contributed by atoms with van der Waals surface area (Å²) in [4.78, 5) is 2.22. The van der Waals surface area contributed by atoms with Crippen LogP contribution in [-0.4, -0.2) is 24.3 Å². The minimum Gasteiger partial charge on any atom is -0.397 e. The standard InChI is InChI=1S/C12H19IN2O/c1-9(2)15(6-3-7-16)12-5-4-10(13)8-11(12)14/h4-5,8-9,16H,3,6-7,14H2,1-2H3. The Morgan fingerprint density at radius 1 is 1.44 bits per heavy atom. The highest BCUT2D eigenvalue weighted by Crippen LogP contribution is 2.26. The van der Waals surface area contributed by atoms with Gasteiger partial charge in [-0.15, -0.1) is 0 Å². The Morgan fingerprint density at radius 2 is 2.12 bits per heavy atom. The number of rotatable bonds is 5. The van der Waals surface area contributed by atoms with Crippen molar-refractivity contribution in [3.8, 4) is 0 Å². The van der Waals surface area contributed by atoms with E-state index in [0.29, 0.717) is 6.04 Å². The maximum Gasteiger partial charge on any atom is 0.0602 e. The SMILES string of the molecule is CC(C)N(CCCO)c1ccc(I)cc1N. The lowest BCUT2D eigenvalue weighted by Crippen LogP contribution is -2.32. The molecule has 0 aliphatic heterocycles. The molecular formula is C12H19IN2O. The molecule has 3 nitrogen and oxygen atoms in total. The van der Waals surface area contributed by atoms with Crippen LogP contribution >= 0.6 is 22.6 Å². The highest BCUT2D eigenvalue weighted by atomic mass is 127. The topological polar surface area (TPSA) is 49.5 Å². The average Bonchev–Trinajstić information content (AvgIpc) is 2.20. The molecule has 4 heteroatoms. The van der Waals surface area contributed by atoms with Crippen LogP contribution < -0.4 is 10.6 Å². The van der Waals surface area contributed by atoms with Crippen LogP contribution in [0, 0.1) is 3.57 Å². The minimum atomic E-state index is 0.216. The van der Waals surface area contributed by atoms with E-state index in [1.54, 1.807) is 0 Å². The van der Waals surface area contributed by atoms with Gasteiger partial charge in [0.1, 0.15) is 0 Å². The number of aliphatic hydroxyl groups excluding tert-OH is 1. The molecule has 0 bridgehead atoms. The molecule has 1 aromatic rings. The summed E-state index contributed by atoms with van der Waals surface area (Å²) in [7, 11) is 0. The summed E-state index contributed by atoms with van der Waals surface area (Å²) in [6, 6.07) is 6.47. The number of aliphatic hydroxyl groups is 1. The Kier molecular flexibility index (Phi) is 5.34. The summed E-state index contributed by atoms with van der Waals surface area (Å²) in [6.45, 7) is 5.32. The second-order valence-corrected chi connectivity index (χ2v) is 5.31. The Balaban J connectivity index is 2.92. The number of hydrogen-bond acceptors (Lipinski definition) is 3. The van der Waals surface area contributed by atoms with Gasteiger partial charge in [-0.25, -0.2) is 0 Å². The van der Waals surface area contributed by atoms with Crippen LogP contribution in [-0.2, 0) is 0 Å². The molecule has 0 radical (unpaired) electrons. The molecule has 16 heavy (non-hydrogen) atoms. The number of nitrogens with zero attached hydrogens (tertiary/aromatic N) is 1. The van der Waals surface area contributed by atoms with E-state index in [4.69, 9.17) is 10.8 Å². The molecule has 0 amide bonds. The summed E-state index contributed by atoms with van der Waals surface area (Å²) < 4.78 is 1.14. The van der Waals surface area contributed by atoms with Crippen LogP contribution in [0.3, 0.4) is 0 Å². The normalized spacial score (nSPS) is 10.8. The minimum absolute atomic E-state index is 0.216. The maximum absolute atomic E-state index is 8.90. The predicted molar refractivity (Wildman–Crippen MR) is 77.8 cm³/mol. The molecule has 0 fully saturated rings. The first kappa shape index (κ1) is 13.6. The van der Waals surface area contributed by atoms with Gasteiger partial charge in [-0.3, -0.25) is 0 Å². The summed E-state index contributed by atoms with van der Waals surface area (Å²) in [6.07, 6.45) is 0.767. The van der Waals surface area contributed by atoms with Crippen molar-refractivity contribution in [1.29, 1.82) is 0 Å². The van der Waals surface area contributed by atoms with E-state index in [1.807, 2.05) is 6.07 Å². The lowest BCUT2D eigenvalue weighted by molar-refractivity contribution is 0.288. The van der Waals surface area contributed by atoms with E-state index in [-0.39, 0.29) is 6.61 Å². The number of benzene rings is 1. The smallest absolute Gasteiger partial charge is 0.0602 e. The molecule has 0 saturated carbocycles. The summed E-state index contributed by atoms with van der Waals surface area (Å²) in [5, 5.41) is 8.90. The molecule has 90 valence electrons. The summed E-state index contributed by atoms with van der Waals surface area (Å²) in [5.41, 5.74) is 7.89. The van der Waals surface area contributed by atoms with E-state index in [2.05, 4.69) is 53.5 Å². The molecule has 1 rings (SSSR count). The summed E-state index contributed by atoms with van der Waals surface area (Å²) in [5.74, 6) is 0. The zero-order valence-electron chi connectivity index (χ0n) is 9.78. The summed E-state index contributed by atoms with van der Waals surface area (Å²) >= 11 is 2.25. The Labute approximate surface area is 111 Å². The lowest BCUT2D eigenvalue weighted by atomic mass is 10.2. The molecule has 0 saturated heterocycles. The van der Waals surface area contributed by atoms with Crippen LogP contribution in [0.4, 0.5) is 11.4 Å². The van der Waals surface area contributed by atoms with Gasteiger partial charge >= 0.3 is 0 Å². The third-order valence-electron chi connectivity index (χ3n) is 2.48. The molecule has 0 aliphatic carbocycles. The molecule has 0 aromatic heterocycles. The molecule has 1 aromatic carbocycles. The van der Waals surface area contributed by atoms with Crippen molar-refractivity contribution in [3.63, 3.8) is 0 Å². The van der Waals surface area contributed by atoms with Gasteiger partial charge in [0.15, 0.2) is 0 Å². The zero-order valence-corrected chi connectivity index (χ0v) is 11.9. The fraction of sp³-hybridized carbons (Fsp3) is 0.500. The van der Waals surface area contributed by atoms with Crippen molar-refractivity contribution in [3.05, 3.63) is 21.8 Å². The third-order valence-corrected chi connectivity index (χ3v) is 3.15. The molecule has 0 heterocycles. The Hall–Kier alpha value is -0.490. The molecule has 0 spiro atoms. The van der Waals surface area contributed by atoms with Crippen LogP contribution in [0.25, 0.3) is 0 Å². The van der Waals surface area contributed by atoms with Gasteiger partial charge < -0.3 is 15.7 Å². The molecular weight excluding hydrogens is 315 g/mol. The third kappa shape index (κ3) is 3.52. The van der Waals surface area contributed by atoms with Crippen LogP contribution in [0.1, 0.15) is 20.3 Å². The van der Waals surface area contributed by atoms with E-state index in [0.717, 1.165) is 27.9 Å². The van der Waals surface area contributed by atoms with Crippen molar-refractivity contribution >= 4 is 34.0 Å². The molecule has 3 N–H and O–H groups in total. The van der Waals surface area contributed by atoms with E-state index < -0.39 is 0 Å².